The molecule has 1 fully saturated rings. The van der Waals surface area contributed by atoms with E-state index in [2.05, 4.69) is 5.32 Å². The van der Waals surface area contributed by atoms with Gasteiger partial charge in [0.1, 0.15) is 0 Å². The van der Waals surface area contributed by atoms with Crippen LogP contribution in [0.25, 0.3) is 0 Å². The van der Waals surface area contributed by atoms with Gasteiger partial charge in [0.15, 0.2) is 6.35 Å². The molecule has 4 N–H and O–H groups in total. The van der Waals surface area contributed by atoms with E-state index in [0.29, 0.717) is 0 Å². The molecule has 1 unspecified atom stereocenters. The van der Waals surface area contributed by atoms with Crippen molar-refractivity contribution in [1.82, 2.24) is 10.3 Å². The predicted octanol–water partition coefficient (Wildman–Crippen LogP) is -1.96. The molecule has 1 aliphatic heterocycles. The van der Waals surface area contributed by atoms with Crippen LogP contribution in [0, 0.1) is 0 Å². The van der Waals surface area contributed by atoms with Crippen LogP contribution in [-0.4, -0.2) is 29.6 Å². The maximum atomic E-state index is 8.69. The van der Waals surface area contributed by atoms with Gasteiger partial charge < -0.3 is 5.11 Å². The van der Waals surface area contributed by atoms with Crippen molar-refractivity contribution in [2.75, 3.05) is 13.1 Å². The molecule has 0 bridgehead atoms. The summed E-state index contributed by atoms with van der Waals surface area (Å²) in [7, 11) is 0. The van der Waals surface area contributed by atoms with Crippen LogP contribution < -0.4 is 11.2 Å². The molecule has 0 aromatic carbocycles. The monoisotopic (exact) mass is 103 g/mol. The first-order valence-electron chi connectivity index (χ1n) is 2.23. The van der Waals surface area contributed by atoms with Crippen LogP contribution in [0.1, 0.15) is 0 Å². The molecular weight excluding hydrogens is 94.1 g/mol. The summed E-state index contributed by atoms with van der Waals surface area (Å²) in [5, 5.41) is 12.8. The average Bonchev–Trinajstić information content (AvgIpc) is 1.91. The van der Waals surface area contributed by atoms with Crippen LogP contribution in [0.3, 0.4) is 0 Å². The van der Waals surface area contributed by atoms with Crippen LogP contribution in [0.2, 0.25) is 0 Å². The summed E-state index contributed by atoms with van der Waals surface area (Å²) in [6, 6.07) is 0. The second kappa shape index (κ2) is 1.75. The zero-order valence-electron chi connectivity index (χ0n) is 3.96. The summed E-state index contributed by atoms with van der Waals surface area (Å²) < 4.78 is 0. The third-order valence-electron chi connectivity index (χ3n) is 1.01. The van der Waals surface area contributed by atoms with Crippen molar-refractivity contribution in [3.63, 3.8) is 0 Å². The molecule has 1 heterocycles. The molecule has 7 heavy (non-hydrogen) atoms. The molecule has 1 rings (SSSR count). The SMILES string of the molecule is NN1CCNC1O. The smallest absolute Gasteiger partial charge is 0.175 e. The molecule has 0 spiro atoms. The number of hydrogen-bond acceptors (Lipinski definition) is 4. The second-order valence-electron chi connectivity index (χ2n) is 1.57. The van der Waals surface area contributed by atoms with Crippen LogP contribution in [-0.2, 0) is 0 Å². The van der Waals surface area contributed by atoms with Crippen LogP contribution >= 0.6 is 0 Å². The lowest BCUT2D eigenvalue weighted by Crippen LogP contribution is -2.40. The number of hydrogen-bond donors (Lipinski definition) is 3. The average molecular weight is 103 g/mol. The standard InChI is InChI=1S/C3H9N3O/c4-6-2-1-5-3(6)7/h3,5,7H,1-2,4H2. The Labute approximate surface area is 41.9 Å². The van der Waals surface area contributed by atoms with Gasteiger partial charge in [-0.1, -0.05) is 0 Å². The summed E-state index contributed by atoms with van der Waals surface area (Å²) >= 11 is 0. The third kappa shape index (κ3) is 0.889. The molecule has 4 nitrogen and oxygen atoms in total. The quantitative estimate of drug-likeness (QED) is 0.312. The number of aliphatic hydroxyl groups is 1. The van der Waals surface area contributed by atoms with Gasteiger partial charge in [0.25, 0.3) is 0 Å². The highest BCUT2D eigenvalue weighted by molar-refractivity contribution is 4.62. The summed E-state index contributed by atoms with van der Waals surface area (Å²) in [5.74, 6) is 5.20. The largest absolute Gasteiger partial charge is 0.364 e. The predicted molar refractivity (Wildman–Crippen MR) is 24.9 cm³/mol. The van der Waals surface area contributed by atoms with E-state index in [9.17, 15) is 0 Å². The van der Waals surface area contributed by atoms with E-state index in [1.165, 1.54) is 5.01 Å². The Balaban J connectivity index is 2.33. The molecule has 4 heteroatoms. The zero-order valence-corrected chi connectivity index (χ0v) is 3.96. The maximum Gasteiger partial charge on any atom is 0.175 e. The molecule has 0 aromatic rings. The fourth-order valence-electron chi connectivity index (χ4n) is 0.562. The van der Waals surface area contributed by atoms with Gasteiger partial charge >= 0.3 is 0 Å². The summed E-state index contributed by atoms with van der Waals surface area (Å²) in [6.45, 7) is 1.50. The zero-order chi connectivity index (χ0) is 5.28. The summed E-state index contributed by atoms with van der Waals surface area (Å²) in [5.41, 5.74) is 0. The lowest BCUT2D eigenvalue weighted by Gasteiger charge is -2.10. The van der Waals surface area contributed by atoms with Crippen LogP contribution in [0.15, 0.2) is 0 Å². The Kier molecular flexibility index (Phi) is 1.25. The van der Waals surface area contributed by atoms with E-state index in [4.69, 9.17) is 10.9 Å². The van der Waals surface area contributed by atoms with Gasteiger partial charge in [-0.2, -0.15) is 0 Å². The third-order valence-corrected chi connectivity index (χ3v) is 1.01. The first-order chi connectivity index (χ1) is 3.30. The number of aliphatic hydroxyl groups excluding tert-OH is 1. The molecule has 0 aromatic heterocycles. The van der Waals surface area contributed by atoms with E-state index in [0.717, 1.165) is 13.1 Å². The van der Waals surface area contributed by atoms with E-state index in [1.54, 1.807) is 0 Å². The summed E-state index contributed by atoms with van der Waals surface area (Å²) in [4.78, 5) is 0. The molecule has 1 atom stereocenters. The maximum absolute atomic E-state index is 8.69. The van der Waals surface area contributed by atoms with Crippen molar-refractivity contribution in [2.24, 2.45) is 5.84 Å². The van der Waals surface area contributed by atoms with Crippen molar-refractivity contribution >= 4 is 0 Å². The van der Waals surface area contributed by atoms with E-state index in [1.807, 2.05) is 0 Å². The number of hydrazine groups is 1. The molecule has 1 aliphatic rings. The fraction of sp³-hybridized carbons (Fsp3) is 1.00. The van der Waals surface area contributed by atoms with Gasteiger partial charge in [-0.15, -0.1) is 0 Å². The van der Waals surface area contributed by atoms with Gasteiger partial charge in [0.2, 0.25) is 0 Å². The Morgan fingerprint density at radius 1 is 1.86 bits per heavy atom. The minimum Gasteiger partial charge on any atom is -0.364 e. The fourth-order valence-corrected chi connectivity index (χ4v) is 0.562. The van der Waals surface area contributed by atoms with Crippen LogP contribution in [0.4, 0.5) is 0 Å². The molecule has 0 aliphatic carbocycles. The second-order valence-corrected chi connectivity index (χ2v) is 1.57. The minimum atomic E-state index is -0.625. The Hall–Kier alpha value is -0.160. The topological polar surface area (TPSA) is 61.5 Å². The van der Waals surface area contributed by atoms with Gasteiger partial charge in [-0.05, 0) is 0 Å². The number of nitrogens with one attached hydrogen (secondary N) is 1. The van der Waals surface area contributed by atoms with Gasteiger partial charge in [-0.25, -0.2) is 5.01 Å². The molecular formula is C3H9N3O. The molecule has 42 valence electrons. The first-order valence-corrected chi connectivity index (χ1v) is 2.23. The normalized spacial score (nSPS) is 34.3. The van der Waals surface area contributed by atoms with Crippen molar-refractivity contribution in [2.45, 2.75) is 6.35 Å². The Morgan fingerprint density at radius 2 is 2.57 bits per heavy atom. The number of rotatable bonds is 0. The Morgan fingerprint density at radius 3 is 2.71 bits per heavy atom. The number of nitrogens with zero attached hydrogens (tertiary/aromatic N) is 1. The Bertz CT molecular complexity index is 59.2. The van der Waals surface area contributed by atoms with E-state index >= 15 is 0 Å². The molecule has 0 amide bonds. The first kappa shape index (κ1) is 4.99. The number of nitrogens with two attached hydrogens (primary N) is 1. The highest BCUT2D eigenvalue weighted by Crippen LogP contribution is 1.88. The minimum absolute atomic E-state index is 0.625. The molecule has 1 saturated heterocycles. The highest BCUT2D eigenvalue weighted by atomic mass is 16.3. The highest BCUT2D eigenvalue weighted by Gasteiger charge is 2.15. The van der Waals surface area contributed by atoms with Crippen molar-refractivity contribution in [3.05, 3.63) is 0 Å². The van der Waals surface area contributed by atoms with E-state index in [-0.39, 0.29) is 0 Å². The molecule has 0 radical (unpaired) electrons. The van der Waals surface area contributed by atoms with Crippen molar-refractivity contribution < 1.29 is 5.11 Å². The van der Waals surface area contributed by atoms with Gasteiger partial charge in [0.05, 0.1) is 0 Å². The van der Waals surface area contributed by atoms with Gasteiger partial charge in [-0.3, -0.25) is 11.2 Å². The molecule has 0 saturated carbocycles. The lowest BCUT2D eigenvalue weighted by atomic mass is 10.7. The lowest BCUT2D eigenvalue weighted by molar-refractivity contribution is 0.0218. The summed E-state index contributed by atoms with van der Waals surface area (Å²) in [6.07, 6.45) is -0.625. The van der Waals surface area contributed by atoms with E-state index < -0.39 is 6.35 Å². The van der Waals surface area contributed by atoms with Gasteiger partial charge in [0, 0.05) is 13.1 Å². The van der Waals surface area contributed by atoms with Crippen LogP contribution in [0.5, 0.6) is 0 Å². The van der Waals surface area contributed by atoms with Crippen molar-refractivity contribution in [3.8, 4) is 0 Å². The van der Waals surface area contributed by atoms with Crippen molar-refractivity contribution in [1.29, 1.82) is 0 Å².